The van der Waals surface area contributed by atoms with Gasteiger partial charge >= 0.3 is 0 Å². The summed E-state index contributed by atoms with van der Waals surface area (Å²) in [5.41, 5.74) is 2.11. The highest BCUT2D eigenvalue weighted by atomic mass is 35.5. The molecule has 0 amide bonds. The molecule has 1 saturated heterocycles. The Morgan fingerprint density at radius 1 is 1.21 bits per heavy atom. The predicted octanol–water partition coefficient (Wildman–Crippen LogP) is 4.68. The zero-order valence-corrected chi connectivity index (χ0v) is 15.0. The molecule has 0 spiro atoms. The van der Waals surface area contributed by atoms with Crippen LogP contribution < -0.4 is 0 Å². The summed E-state index contributed by atoms with van der Waals surface area (Å²) >= 11 is 8.01. The quantitative estimate of drug-likeness (QED) is 0.681. The highest BCUT2D eigenvalue weighted by Gasteiger charge is 2.18. The van der Waals surface area contributed by atoms with E-state index in [2.05, 4.69) is 40.3 Å². The van der Waals surface area contributed by atoms with Crippen molar-refractivity contribution in [1.29, 1.82) is 0 Å². The Hall–Kier alpha value is -1.56. The lowest BCUT2D eigenvalue weighted by molar-refractivity contribution is 0.0663. The number of aryl methyl sites for hydroxylation is 1. The van der Waals surface area contributed by atoms with E-state index in [0.717, 1.165) is 59.5 Å². The monoisotopic (exact) mass is 359 g/mol. The summed E-state index contributed by atoms with van der Waals surface area (Å²) in [4.78, 5) is 5.66. The second-order valence-corrected chi connectivity index (χ2v) is 7.83. The van der Waals surface area contributed by atoms with Crippen LogP contribution in [0.2, 0.25) is 5.15 Å². The van der Waals surface area contributed by atoms with Gasteiger partial charge in [0, 0.05) is 40.6 Å². The van der Waals surface area contributed by atoms with Crippen molar-refractivity contribution in [2.75, 3.05) is 13.2 Å². The van der Waals surface area contributed by atoms with E-state index in [0.29, 0.717) is 11.1 Å². The van der Waals surface area contributed by atoms with Gasteiger partial charge in [0.05, 0.1) is 5.69 Å². The highest BCUT2D eigenvalue weighted by molar-refractivity contribution is 7.14. The predicted molar refractivity (Wildman–Crippen MR) is 97.6 cm³/mol. The summed E-state index contributed by atoms with van der Waals surface area (Å²) in [5.74, 6) is 0.610. The van der Waals surface area contributed by atoms with Gasteiger partial charge < -0.3 is 4.74 Å². The minimum atomic E-state index is 0.454. The minimum absolute atomic E-state index is 0.454. The molecule has 4 nitrogen and oxygen atoms in total. The zero-order valence-electron chi connectivity index (χ0n) is 13.5. The molecule has 1 fully saturated rings. The van der Waals surface area contributed by atoms with Crippen molar-refractivity contribution in [2.24, 2.45) is 5.92 Å². The first-order valence-corrected chi connectivity index (χ1v) is 9.35. The molecule has 0 unspecified atom stereocenters. The average molecular weight is 360 g/mol. The van der Waals surface area contributed by atoms with Crippen LogP contribution in [0, 0.1) is 12.8 Å². The van der Waals surface area contributed by atoms with E-state index in [1.807, 2.05) is 6.20 Å². The maximum absolute atomic E-state index is 6.33. The number of hydrogen-bond donors (Lipinski definition) is 0. The average Bonchev–Trinajstić information content (AvgIpc) is 3.05. The highest BCUT2D eigenvalue weighted by Crippen LogP contribution is 2.32. The van der Waals surface area contributed by atoms with Crippen LogP contribution in [0.25, 0.3) is 21.3 Å². The van der Waals surface area contributed by atoms with Crippen LogP contribution in [0.3, 0.4) is 0 Å². The molecule has 3 aromatic rings. The lowest BCUT2D eigenvalue weighted by atomic mass is 9.93. The number of rotatable bonds is 3. The first-order chi connectivity index (χ1) is 11.7. The van der Waals surface area contributed by atoms with Gasteiger partial charge in [-0.15, -0.1) is 16.4 Å². The van der Waals surface area contributed by atoms with Crippen LogP contribution in [0.1, 0.15) is 23.4 Å². The summed E-state index contributed by atoms with van der Waals surface area (Å²) in [6.45, 7) is 3.75. The van der Waals surface area contributed by atoms with Gasteiger partial charge in [0.1, 0.15) is 5.01 Å². The SMILES string of the molecule is Cc1cnc(-c2ccc3c(CC4CCOCC4)nnc(Cl)c3c2)s1. The number of benzene rings is 1. The van der Waals surface area contributed by atoms with Gasteiger partial charge in [-0.05, 0) is 38.2 Å². The van der Waals surface area contributed by atoms with E-state index in [1.54, 1.807) is 11.3 Å². The molecule has 1 aliphatic rings. The van der Waals surface area contributed by atoms with Gasteiger partial charge in [0.2, 0.25) is 0 Å². The van der Waals surface area contributed by atoms with Crippen molar-refractivity contribution in [2.45, 2.75) is 26.2 Å². The lowest BCUT2D eigenvalue weighted by Gasteiger charge is -2.21. The minimum Gasteiger partial charge on any atom is -0.381 e. The van der Waals surface area contributed by atoms with Crippen LogP contribution in [0.15, 0.2) is 24.4 Å². The van der Waals surface area contributed by atoms with Crippen molar-refractivity contribution >= 4 is 33.7 Å². The summed E-state index contributed by atoms with van der Waals surface area (Å²) in [5, 5.41) is 12.1. The molecule has 0 N–H and O–H groups in total. The van der Waals surface area contributed by atoms with E-state index in [-0.39, 0.29) is 0 Å². The molecule has 0 aliphatic carbocycles. The fraction of sp³-hybridized carbons (Fsp3) is 0.389. The van der Waals surface area contributed by atoms with Crippen molar-refractivity contribution in [3.63, 3.8) is 0 Å². The van der Waals surface area contributed by atoms with Crippen LogP contribution in [0.5, 0.6) is 0 Å². The van der Waals surface area contributed by atoms with Crippen LogP contribution in [0.4, 0.5) is 0 Å². The van der Waals surface area contributed by atoms with Gasteiger partial charge in [0.15, 0.2) is 5.15 Å². The molecule has 6 heteroatoms. The molecular formula is C18H18ClN3OS. The van der Waals surface area contributed by atoms with Crippen LogP contribution in [-0.2, 0) is 11.2 Å². The maximum Gasteiger partial charge on any atom is 0.159 e. The molecule has 24 heavy (non-hydrogen) atoms. The number of thiazole rings is 1. The molecule has 0 radical (unpaired) electrons. The van der Waals surface area contributed by atoms with E-state index < -0.39 is 0 Å². The van der Waals surface area contributed by atoms with Crippen molar-refractivity contribution in [3.8, 4) is 10.6 Å². The molecule has 0 bridgehead atoms. The molecule has 2 aromatic heterocycles. The summed E-state index contributed by atoms with van der Waals surface area (Å²) in [6, 6.07) is 6.29. The van der Waals surface area contributed by atoms with Crippen molar-refractivity contribution in [3.05, 3.63) is 40.1 Å². The number of nitrogens with zero attached hydrogens (tertiary/aromatic N) is 3. The second-order valence-electron chi connectivity index (χ2n) is 6.23. The number of ether oxygens (including phenoxy) is 1. The third kappa shape index (κ3) is 3.16. The molecule has 1 aromatic carbocycles. The molecule has 124 valence electrons. The first-order valence-electron chi connectivity index (χ1n) is 8.16. The summed E-state index contributed by atoms with van der Waals surface area (Å²) < 4.78 is 5.45. The number of hydrogen-bond acceptors (Lipinski definition) is 5. The molecule has 4 rings (SSSR count). The Bertz CT molecular complexity index is 874. The number of aromatic nitrogens is 3. The smallest absolute Gasteiger partial charge is 0.159 e. The van der Waals surface area contributed by atoms with E-state index in [4.69, 9.17) is 16.3 Å². The zero-order chi connectivity index (χ0) is 16.5. The van der Waals surface area contributed by atoms with E-state index in [9.17, 15) is 0 Å². The van der Waals surface area contributed by atoms with Crippen molar-refractivity contribution < 1.29 is 4.74 Å². The van der Waals surface area contributed by atoms with E-state index in [1.165, 1.54) is 4.88 Å². The molecule has 3 heterocycles. The Kier molecular flexibility index (Phi) is 4.48. The largest absolute Gasteiger partial charge is 0.381 e. The van der Waals surface area contributed by atoms with Crippen LogP contribution in [-0.4, -0.2) is 28.4 Å². The molecule has 0 saturated carbocycles. The first kappa shape index (κ1) is 15.9. The normalized spacial score (nSPS) is 15.9. The van der Waals surface area contributed by atoms with Crippen molar-refractivity contribution in [1.82, 2.24) is 15.2 Å². The lowest BCUT2D eigenvalue weighted by Crippen LogP contribution is -2.18. The topological polar surface area (TPSA) is 47.9 Å². The van der Waals surface area contributed by atoms with E-state index >= 15 is 0 Å². The third-order valence-electron chi connectivity index (χ3n) is 4.50. The Balaban J connectivity index is 1.72. The fourth-order valence-electron chi connectivity index (χ4n) is 3.17. The van der Waals surface area contributed by atoms with Gasteiger partial charge in [0.25, 0.3) is 0 Å². The summed E-state index contributed by atoms with van der Waals surface area (Å²) in [7, 11) is 0. The molecular weight excluding hydrogens is 342 g/mol. The summed E-state index contributed by atoms with van der Waals surface area (Å²) in [6.07, 6.45) is 5.00. The van der Waals surface area contributed by atoms with Gasteiger partial charge in [-0.2, -0.15) is 5.10 Å². The standard InChI is InChI=1S/C18H18ClN3OS/c1-11-10-20-18(24-11)13-2-3-14-15(9-13)17(19)22-21-16(14)8-12-4-6-23-7-5-12/h2-3,9-10,12H,4-8H2,1H3. The van der Waals surface area contributed by atoms with Gasteiger partial charge in [-0.1, -0.05) is 23.7 Å². The number of halogens is 1. The Morgan fingerprint density at radius 2 is 2.04 bits per heavy atom. The Morgan fingerprint density at radius 3 is 2.79 bits per heavy atom. The third-order valence-corrected chi connectivity index (χ3v) is 5.74. The Labute approximate surface area is 149 Å². The number of fused-ring (bicyclic) bond motifs is 1. The van der Waals surface area contributed by atoms with Gasteiger partial charge in [-0.3, -0.25) is 0 Å². The molecule has 1 aliphatic heterocycles. The van der Waals surface area contributed by atoms with Crippen LogP contribution >= 0.6 is 22.9 Å². The second kappa shape index (κ2) is 6.75. The van der Waals surface area contributed by atoms with Gasteiger partial charge in [-0.25, -0.2) is 4.98 Å². The maximum atomic E-state index is 6.33. The fourth-order valence-corrected chi connectivity index (χ4v) is 4.13. The molecule has 0 atom stereocenters.